The largest absolute Gasteiger partial charge is 0.480 e. The van der Waals surface area contributed by atoms with E-state index >= 15 is 0 Å². The number of hydrogen-bond donors (Lipinski definition) is 4. The number of hydrogen-bond acceptors (Lipinski definition) is 5. The number of imide groups is 1. The average Bonchev–Trinajstić information content (AvgIpc) is 2.27. The van der Waals surface area contributed by atoms with Crippen LogP contribution in [0.25, 0.3) is 0 Å². The van der Waals surface area contributed by atoms with E-state index in [1.165, 1.54) is 0 Å². The first-order valence-electron chi connectivity index (χ1n) is 5.86. The minimum absolute atomic E-state index is 0.413. The Labute approximate surface area is 116 Å². The molecule has 0 radical (unpaired) electrons. The molecule has 0 bridgehead atoms. The first-order chi connectivity index (χ1) is 8.61. The molecule has 0 rings (SSSR count). The van der Waals surface area contributed by atoms with Crippen molar-refractivity contribution in [1.82, 2.24) is 10.6 Å². The first kappa shape index (κ1) is 17.7. The van der Waals surface area contributed by atoms with Gasteiger partial charge in [-0.25, -0.2) is 4.79 Å². The third-order valence-electron chi connectivity index (χ3n) is 2.44. The quantitative estimate of drug-likeness (QED) is 0.552. The number of thioether (sulfide) groups is 1. The van der Waals surface area contributed by atoms with Crippen LogP contribution in [0.15, 0.2) is 0 Å². The molecule has 1 unspecified atom stereocenters. The van der Waals surface area contributed by atoms with Crippen molar-refractivity contribution >= 4 is 29.7 Å². The van der Waals surface area contributed by atoms with E-state index in [4.69, 9.17) is 10.8 Å². The lowest BCUT2D eigenvalue weighted by Gasteiger charge is -2.30. The maximum atomic E-state index is 11.7. The summed E-state index contributed by atoms with van der Waals surface area (Å²) >= 11 is 1.11. The van der Waals surface area contributed by atoms with Gasteiger partial charge in [-0.15, -0.1) is 11.8 Å². The fourth-order valence-corrected chi connectivity index (χ4v) is 2.62. The second kappa shape index (κ2) is 7.34. The molecular formula is C11H21N3O4S. The maximum Gasteiger partial charge on any atom is 0.321 e. The molecule has 7 nitrogen and oxygen atoms in total. The minimum atomic E-state index is -1.13. The van der Waals surface area contributed by atoms with Gasteiger partial charge in [0.05, 0.1) is 5.25 Å². The van der Waals surface area contributed by atoms with Crippen LogP contribution in [0.2, 0.25) is 0 Å². The Hall–Kier alpha value is -1.28. The standard InChI is InChI=1S/C11H21N3O4S/c1-5-13-10(18)14-8(15)6(2)19-11(3,4)7(12)9(16)17/h6-7H,5,12H2,1-4H3,(H,16,17)(H2,13,14,15,18)/t6?,7-/m1/s1. The predicted octanol–water partition coefficient (Wildman–Crippen LogP) is 0.144. The predicted molar refractivity (Wildman–Crippen MR) is 74.0 cm³/mol. The van der Waals surface area contributed by atoms with Crippen LogP contribution in [0.4, 0.5) is 4.79 Å². The number of nitrogens with two attached hydrogens (primary N) is 1. The highest BCUT2D eigenvalue weighted by Gasteiger charge is 2.35. The molecule has 0 aliphatic heterocycles. The van der Waals surface area contributed by atoms with E-state index in [1.54, 1.807) is 27.7 Å². The molecule has 8 heteroatoms. The Morgan fingerprint density at radius 3 is 2.32 bits per heavy atom. The molecule has 0 aliphatic rings. The summed E-state index contributed by atoms with van der Waals surface area (Å²) in [6.45, 7) is 7.03. The summed E-state index contributed by atoms with van der Waals surface area (Å²) in [5.41, 5.74) is 5.56. The highest BCUT2D eigenvalue weighted by atomic mass is 32.2. The van der Waals surface area contributed by atoms with Crippen molar-refractivity contribution in [2.24, 2.45) is 5.73 Å². The molecular weight excluding hydrogens is 270 g/mol. The van der Waals surface area contributed by atoms with Gasteiger partial charge in [-0.1, -0.05) is 0 Å². The molecule has 3 amide bonds. The molecule has 0 fully saturated rings. The number of urea groups is 1. The van der Waals surface area contributed by atoms with Crippen LogP contribution in [0.1, 0.15) is 27.7 Å². The molecule has 0 aromatic carbocycles. The lowest BCUT2D eigenvalue weighted by atomic mass is 10.1. The van der Waals surface area contributed by atoms with E-state index in [0.717, 1.165) is 11.8 Å². The number of carboxylic acids is 1. The Bertz CT molecular complexity index is 360. The molecule has 0 aliphatic carbocycles. The Kier molecular flexibility index (Phi) is 6.85. The highest BCUT2D eigenvalue weighted by molar-refractivity contribution is 8.02. The normalized spacial score (nSPS) is 14.4. The molecule has 0 aromatic heterocycles. The number of nitrogens with one attached hydrogen (secondary N) is 2. The number of rotatable bonds is 6. The molecule has 0 saturated carbocycles. The van der Waals surface area contributed by atoms with Crippen molar-refractivity contribution in [3.63, 3.8) is 0 Å². The van der Waals surface area contributed by atoms with E-state index in [0.29, 0.717) is 6.54 Å². The van der Waals surface area contributed by atoms with Gasteiger partial charge in [0, 0.05) is 11.3 Å². The molecule has 2 atom stereocenters. The van der Waals surface area contributed by atoms with Crippen molar-refractivity contribution in [1.29, 1.82) is 0 Å². The number of amides is 3. The molecule has 0 aromatic rings. The van der Waals surface area contributed by atoms with E-state index in [2.05, 4.69) is 10.6 Å². The minimum Gasteiger partial charge on any atom is -0.480 e. The highest BCUT2D eigenvalue weighted by Crippen LogP contribution is 2.31. The third-order valence-corrected chi connectivity index (χ3v) is 3.87. The fourth-order valence-electron chi connectivity index (χ4n) is 1.30. The second-order valence-electron chi connectivity index (χ2n) is 4.53. The third kappa shape index (κ3) is 5.93. The number of aliphatic carboxylic acids is 1. The Balaban J connectivity index is 4.51. The van der Waals surface area contributed by atoms with Crippen LogP contribution in [-0.2, 0) is 9.59 Å². The SMILES string of the molecule is CCNC(=O)NC(=O)C(C)SC(C)(C)[C@H](N)C(=O)O. The van der Waals surface area contributed by atoms with Crippen molar-refractivity contribution in [2.75, 3.05) is 6.54 Å². The zero-order chi connectivity index (χ0) is 15.2. The van der Waals surface area contributed by atoms with Crippen LogP contribution in [0.5, 0.6) is 0 Å². The van der Waals surface area contributed by atoms with Gasteiger partial charge in [0.2, 0.25) is 5.91 Å². The van der Waals surface area contributed by atoms with Crippen molar-refractivity contribution in [2.45, 2.75) is 43.7 Å². The molecule has 19 heavy (non-hydrogen) atoms. The van der Waals surface area contributed by atoms with Gasteiger partial charge < -0.3 is 16.2 Å². The molecule has 0 saturated heterocycles. The summed E-state index contributed by atoms with van der Waals surface area (Å²) in [5, 5.41) is 12.9. The monoisotopic (exact) mass is 291 g/mol. The van der Waals surface area contributed by atoms with E-state index in [-0.39, 0.29) is 0 Å². The number of carbonyl (C=O) groups excluding carboxylic acids is 2. The lowest BCUT2D eigenvalue weighted by Crippen LogP contribution is -2.49. The van der Waals surface area contributed by atoms with Gasteiger partial charge in [0.1, 0.15) is 6.04 Å². The smallest absolute Gasteiger partial charge is 0.321 e. The number of carboxylic acid groups (broad SMARTS) is 1. The molecule has 110 valence electrons. The van der Waals surface area contributed by atoms with Crippen molar-refractivity contribution in [3.8, 4) is 0 Å². The lowest BCUT2D eigenvalue weighted by molar-refractivity contribution is -0.139. The fraction of sp³-hybridized carbons (Fsp3) is 0.727. The van der Waals surface area contributed by atoms with Gasteiger partial charge in [0.15, 0.2) is 0 Å². The average molecular weight is 291 g/mol. The summed E-state index contributed by atoms with van der Waals surface area (Å²) in [6.07, 6.45) is 0. The first-order valence-corrected chi connectivity index (χ1v) is 6.74. The molecule has 0 heterocycles. The second-order valence-corrected chi connectivity index (χ2v) is 6.52. The summed E-state index contributed by atoms with van der Waals surface area (Å²) in [5.74, 6) is -1.62. The van der Waals surface area contributed by atoms with Crippen LogP contribution >= 0.6 is 11.8 Å². The zero-order valence-corrected chi connectivity index (χ0v) is 12.3. The van der Waals surface area contributed by atoms with Crippen LogP contribution in [0, 0.1) is 0 Å². The zero-order valence-electron chi connectivity index (χ0n) is 11.5. The summed E-state index contributed by atoms with van der Waals surface area (Å²) in [6, 6.07) is -1.67. The van der Waals surface area contributed by atoms with Gasteiger partial charge in [-0.3, -0.25) is 14.9 Å². The Morgan fingerprint density at radius 1 is 1.37 bits per heavy atom. The van der Waals surface area contributed by atoms with Crippen LogP contribution in [-0.4, -0.2) is 45.6 Å². The topological polar surface area (TPSA) is 122 Å². The summed E-state index contributed by atoms with van der Waals surface area (Å²) in [4.78, 5) is 33.8. The van der Waals surface area contributed by atoms with Gasteiger partial charge in [-0.2, -0.15) is 0 Å². The summed E-state index contributed by atoms with van der Waals surface area (Å²) < 4.78 is -0.830. The van der Waals surface area contributed by atoms with E-state index in [9.17, 15) is 14.4 Å². The van der Waals surface area contributed by atoms with Crippen LogP contribution in [0.3, 0.4) is 0 Å². The summed E-state index contributed by atoms with van der Waals surface area (Å²) in [7, 11) is 0. The molecule has 5 N–H and O–H groups in total. The van der Waals surface area contributed by atoms with Gasteiger partial charge in [0.25, 0.3) is 0 Å². The van der Waals surface area contributed by atoms with E-state index in [1.807, 2.05) is 0 Å². The Morgan fingerprint density at radius 2 is 1.89 bits per heavy atom. The maximum absolute atomic E-state index is 11.7. The molecule has 0 spiro atoms. The van der Waals surface area contributed by atoms with Gasteiger partial charge in [-0.05, 0) is 27.7 Å². The number of carbonyl (C=O) groups is 3. The van der Waals surface area contributed by atoms with Crippen molar-refractivity contribution < 1.29 is 19.5 Å². The van der Waals surface area contributed by atoms with Gasteiger partial charge >= 0.3 is 12.0 Å². The van der Waals surface area contributed by atoms with Crippen molar-refractivity contribution in [3.05, 3.63) is 0 Å². The van der Waals surface area contributed by atoms with E-state index < -0.39 is 33.9 Å². The van der Waals surface area contributed by atoms with Crippen LogP contribution < -0.4 is 16.4 Å².